The Morgan fingerprint density at radius 3 is 2.35 bits per heavy atom. The molecule has 188 valence electrons. The molecule has 8 heteroatoms. The largest absolute Gasteiger partial charge is 0.497 e. The molecule has 2 aromatic heterocycles. The number of hydrogen-bond donors (Lipinski definition) is 1. The van der Waals surface area contributed by atoms with E-state index in [2.05, 4.69) is 69.6 Å². The van der Waals surface area contributed by atoms with E-state index in [1.165, 1.54) is 5.56 Å². The van der Waals surface area contributed by atoms with Gasteiger partial charge in [0.15, 0.2) is 5.82 Å². The predicted molar refractivity (Wildman–Crippen MR) is 143 cm³/mol. The fraction of sp³-hybridized carbons (Fsp3) is 0.241. The van der Waals surface area contributed by atoms with E-state index in [0.29, 0.717) is 31.7 Å². The molecule has 0 amide bonds. The zero-order valence-electron chi connectivity index (χ0n) is 21.3. The lowest BCUT2D eigenvalue weighted by Crippen LogP contribution is -2.28. The minimum absolute atomic E-state index is 0.0805. The highest BCUT2D eigenvalue weighted by molar-refractivity contribution is 5.79. The van der Waals surface area contributed by atoms with Gasteiger partial charge in [-0.25, -0.2) is 4.68 Å². The van der Waals surface area contributed by atoms with E-state index in [1.54, 1.807) is 11.8 Å². The molecule has 0 aliphatic rings. The minimum atomic E-state index is -0.0805. The van der Waals surface area contributed by atoms with Crippen LogP contribution in [-0.2, 0) is 26.2 Å². The summed E-state index contributed by atoms with van der Waals surface area (Å²) >= 11 is 0. The van der Waals surface area contributed by atoms with Crippen molar-refractivity contribution < 1.29 is 4.74 Å². The Hall–Kier alpha value is -4.30. The molecule has 0 unspecified atom stereocenters. The van der Waals surface area contributed by atoms with Crippen molar-refractivity contribution in [1.29, 1.82) is 0 Å². The van der Waals surface area contributed by atoms with Crippen molar-refractivity contribution >= 4 is 10.9 Å². The third-order valence-electron chi connectivity index (χ3n) is 6.46. The van der Waals surface area contributed by atoms with Crippen LogP contribution in [0.1, 0.15) is 33.6 Å². The van der Waals surface area contributed by atoms with Gasteiger partial charge in [-0.2, -0.15) is 0 Å². The molecule has 0 atom stereocenters. The van der Waals surface area contributed by atoms with Crippen LogP contribution in [0.25, 0.3) is 10.9 Å². The Balaban J connectivity index is 1.42. The lowest BCUT2D eigenvalue weighted by molar-refractivity contribution is 0.236. The monoisotopic (exact) mass is 494 g/mol. The van der Waals surface area contributed by atoms with Crippen LogP contribution in [0.15, 0.2) is 77.6 Å². The molecule has 0 aliphatic carbocycles. The van der Waals surface area contributed by atoms with Gasteiger partial charge in [0.1, 0.15) is 5.75 Å². The van der Waals surface area contributed by atoms with Gasteiger partial charge in [-0.3, -0.25) is 9.69 Å². The van der Waals surface area contributed by atoms with Crippen molar-refractivity contribution in [1.82, 2.24) is 30.1 Å². The summed E-state index contributed by atoms with van der Waals surface area (Å²) in [5.74, 6) is 1.54. The van der Waals surface area contributed by atoms with Crippen LogP contribution >= 0.6 is 0 Å². The van der Waals surface area contributed by atoms with Crippen molar-refractivity contribution in [3.8, 4) is 5.75 Å². The number of rotatable bonds is 9. The number of hydrogen-bond acceptors (Lipinski definition) is 6. The molecule has 0 spiro atoms. The zero-order chi connectivity index (χ0) is 25.8. The van der Waals surface area contributed by atoms with E-state index in [-0.39, 0.29) is 5.56 Å². The van der Waals surface area contributed by atoms with Crippen molar-refractivity contribution in [3.05, 3.63) is 117 Å². The van der Waals surface area contributed by atoms with E-state index in [4.69, 9.17) is 4.74 Å². The minimum Gasteiger partial charge on any atom is -0.497 e. The maximum Gasteiger partial charge on any atom is 0.252 e. The number of aromatic amines is 1. The highest BCUT2D eigenvalue weighted by atomic mass is 16.5. The number of nitrogens with one attached hydrogen (secondary N) is 1. The number of methoxy groups -OCH3 is 1. The Labute approximate surface area is 215 Å². The zero-order valence-corrected chi connectivity index (χ0v) is 21.3. The van der Waals surface area contributed by atoms with Crippen molar-refractivity contribution in [2.75, 3.05) is 7.11 Å². The number of fused-ring (bicyclic) bond motifs is 1. The average Bonchev–Trinajstić information content (AvgIpc) is 3.32. The molecule has 0 bridgehead atoms. The molecule has 0 saturated heterocycles. The van der Waals surface area contributed by atoms with Gasteiger partial charge in [0.05, 0.1) is 20.2 Å². The van der Waals surface area contributed by atoms with Crippen LogP contribution in [0, 0.1) is 13.8 Å². The Morgan fingerprint density at radius 2 is 1.59 bits per heavy atom. The first-order chi connectivity index (χ1) is 18.0. The molecule has 3 aromatic carbocycles. The van der Waals surface area contributed by atoms with Crippen LogP contribution in [0.2, 0.25) is 0 Å². The highest BCUT2D eigenvalue weighted by Gasteiger charge is 2.16. The summed E-state index contributed by atoms with van der Waals surface area (Å²) in [5, 5.41) is 13.5. The van der Waals surface area contributed by atoms with Crippen molar-refractivity contribution in [3.63, 3.8) is 0 Å². The van der Waals surface area contributed by atoms with Gasteiger partial charge in [-0.1, -0.05) is 53.6 Å². The number of pyridine rings is 1. The van der Waals surface area contributed by atoms with Gasteiger partial charge >= 0.3 is 0 Å². The molecule has 8 nitrogen and oxygen atoms in total. The first-order valence-electron chi connectivity index (χ1n) is 12.3. The number of ether oxygens (including phenoxy) is 1. The SMILES string of the molecule is COc1ccc(Cn2nnnc2CN(Cc2ccc(C)cc2)Cc2cc3cc(C)ccc3[nH]c2=O)cc1. The second kappa shape index (κ2) is 10.8. The Morgan fingerprint density at radius 1 is 0.865 bits per heavy atom. The molecule has 0 saturated carbocycles. The smallest absolute Gasteiger partial charge is 0.252 e. The fourth-order valence-corrected chi connectivity index (χ4v) is 4.41. The summed E-state index contributed by atoms with van der Waals surface area (Å²) in [7, 11) is 1.65. The number of nitrogens with zero attached hydrogens (tertiary/aromatic N) is 5. The molecular weight excluding hydrogens is 464 g/mol. The second-order valence-corrected chi connectivity index (χ2v) is 9.45. The standard InChI is InChI=1S/C29H30N6O2/c1-20-4-7-22(8-5-20)16-34(18-25-15-24-14-21(2)6-13-27(24)30-29(25)36)19-28-31-32-33-35(28)17-23-9-11-26(37-3)12-10-23/h4-15H,16-19H2,1-3H3,(H,30,36). The van der Waals surface area contributed by atoms with Gasteiger partial charge in [0.2, 0.25) is 0 Å². The summed E-state index contributed by atoms with van der Waals surface area (Å²) in [6.45, 7) is 6.27. The summed E-state index contributed by atoms with van der Waals surface area (Å²) in [4.78, 5) is 18.2. The second-order valence-electron chi connectivity index (χ2n) is 9.45. The van der Waals surface area contributed by atoms with Crippen molar-refractivity contribution in [2.24, 2.45) is 0 Å². The molecule has 0 radical (unpaired) electrons. The number of benzene rings is 3. The van der Waals surface area contributed by atoms with Crippen molar-refractivity contribution in [2.45, 2.75) is 40.0 Å². The molecule has 0 aliphatic heterocycles. The van der Waals surface area contributed by atoms with E-state index in [1.807, 2.05) is 42.5 Å². The van der Waals surface area contributed by atoms with Gasteiger partial charge in [-0.15, -0.1) is 5.10 Å². The maximum absolute atomic E-state index is 13.0. The highest BCUT2D eigenvalue weighted by Crippen LogP contribution is 2.18. The quantitative estimate of drug-likeness (QED) is 0.327. The first-order valence-corrected chi connectivity index (χ1v) is 12.3. The third-order valence-corrected chi connectivity index (χ3v) is 6.46. The predicted octanol–water partition coefficient (Wildman–Crippen LogP) is 4.39. The van der Waals surface area contributed by atoms with Crippen LogP contribution in [0.4, 0.5) is 0 Å². The van der Waals surface area contributed by atoms with Gasteiger partial charge in [0.25, 0.3) is 5.56 Å². The van der Waals surface area contributed by atoms with Crippen LogP contribution < -0.4 is 10.3 Å². The van der Waals surface area contributed by atoms with Crippen LogP contribution in [-0.4, -0.2) is 37.2 Å². The average molecular weight is 495 g/mol. The summed E-state index contributed by atoms with van der Waals surface area (Å²) < 4.78 is 7.07. The maximum atomic E-state index is 13.0. The molecule has 5 rings (SSSR count). The van der Waals surface area contributed by atoms with Gasteiger partial charge in [-0.05, 0) is 71.1 Å². The molecule has 37 heavy (non-hydrogen) atoms. The number of aromatic nitrogens is 5. The third kappa shape index (κ3) is 5.92. The lowest BCUT2D eigenvalue weighted by Gasteiger charge is -2.22. The first kappa shape index (κ1) is 24.4. The topological polar surface area (TPSA) is 88.9 Å². The summed E-state index contributed by atoms with van der Waals surface area (Å²) in [6, 6.07) is 24.4. The molecule has 0 fully saturated rings. The molecular formula is C29H30N6O2. The normalized spacial score (nSPS) is 11.4. The Kier molecular flexibility index (Phi) is 7.09. The number of aryl methyl sites for hydroxylation is 2. The van der Waals surface area contributed by atoms with E-state index >= 15 is 0 Å². The van der Waals surface area contributed by atoms with E-state index in [9.17, 15) is 4.79 Å². The van der Waals surface area contributed by atoms with Gasteiger partial charge < -0.3 is 9.72 Å². The van der Waals surface area contributed by atoms with Crippen LogP contribution in [0.3, 0.4) is 0 Å². The fourth-order valence-electron chi connectivity index (χ4n) is 4.41. The number of tetrazole rings is 1. The lowest BCUT2D eigenvalue weighted by atomic mass is 10.1. The summed E-state index contributed by atoms with van der Waals surface area (Å²) in [5.41, 5.74) is 6.06. The summed E-state index contributed by atoms with van der Waals surface area (Å²) in [6.07, 6.45) is 0. The molecule has 1 N–H and O–H groups in total. The van der Waals surface area contributed by atoms with Gasteiger partial charge in [0, 0.05) is 24.2 Å². The van der Waals surface area contributed by atoms with E-state index < -0.39 is 0 Å². The Bertz CT molecular complexity index is 1550. The number of H-pyrrole nitrogens is 1. The molecule has 2 heterocycles. The van der Waals surface area contributed by atoms with E-state index in [0.717, 1.165) is 39.2 Å². The van der Waals surface area contributed by atoms with Crippen LogP contribution in [0.5, 0.6) is 5.75 Å². The molecule has 5 aromatic rings.